The molecule has 0 aromatic rings. The fourth-order valence-corrected chi connectivity index (χ4v) is 1.16. The molecule has 0 aliphatic heterocycles. The van der Waals surface area contributed by atoms with E-state index in [-0.39, 0.29) is 6.42 Å². The molecule has 0 aliphatic carbocycles. The Labute approximate surface area is 133 Å². The van der Waals surface area contributed by atoms with Crippen molar-refractivity contribution in [3.8, 4) is 0 Å². The van der Waals surface area contributed by atoms with Crippen molar-refractivity contribution < 1.29 is 14.0 Å². The molecule has 128 valence electrons. The molecule has 0 saturated carbocycles. The van der Waals surface area contributed by atoms with E-state index in [2.05, 4.69) is 31.1 Å². The van der Waals surface area contributed by atoms with Gasteiger partial charge in [-0.05, 0) is 19.3 Å². The predicted molar refractivity (Wildman–Crippen MR) is 89.4 cm³/mol. The highest BCUT2D eigenvalue weighted by Crippen LogP contribution is 2.06. The first-order valence-corrected chi connectivity index (χ1v) is 7.63. The van der Waals surface area contributed by atoms with Gasteiger partial charge in [-0.3, -0.25) is 14.6 Å². The number of carbonyl (C=O) groups is 2. The summed E-state index contributed by atoms with van der Waals surface area (Å²) in [5.74, 6) is 0.269. The zero-order valence-corrected chi connectivity index (χ0v) is 14.4. The maximum absolute atomic E-state index is 11.9. The second kappa shape index (κ2) is 14.4. The molecular formula is C16H30FN3O2. The molecule has 5 nitrogen and oxygen atoms in total. The molecule has 3 N–H and O–H groups in total. The zero-order chi connectivity index (χ0) is 17.5. The Hall–Kier alpha value is -1.56. The normalized spacial score (nSPS) is 12.8. The van der Waals surface area contributed by atoms with Gasteiger partial charge in [0, 0.05) is 18.3 Å². The van der Waals surface area contributed by atoms with Crippen molar-refractivity contribution in [2.45, 2.75) is 59.9 Å². The Kier molecular flexibility index (Phi) is 14.8. The summed E-state index contributed by atoms with van der Waals surface area (Å²) in [6.07, 6.45) is 5.63. The van der Waals surface area contributed by atoms with Crippen LogP contribution in [0.1, 0.15) is 53.9 Å². The number of hydrogen-bond acceptors (Lipinski definition) is 4. The summed E-state index contributed by atoms with van der Waals surface area (Å²) in [6.45, 7) is 9.69. The lowest BCUT2D eigenvalue weighted by Crippen LogP contribution is -2.42. The summed E-state index contributed by atoms with van der Waals surface area (Å²) in [6, 6.07) is -2.43. The van der Waals surface area contributed by atoms with Gasteiger partial charge in [-0.15, -0.1) is 0 Å². The number of rotatable bonds is 8. The lowest BCUT2D eigenvalue weighted by atomic mass is 10.1. The Balaban J connectivity index is 0. The van der Waals surface area contributed by atoms with Crippen molar-refractivity contribution in [1.82, 2.24) is 5.32 Å². The number of nitrogens with one attached hydrogen (secondary N) is 1. The van der Waals surface area contributed by atoms with Gasteiger partial charge in [-0.2, -0.15) is 4.39 Å². The van der Waals surface area contributed by atoms with Gasteiger partial charge in [-0.1, -0.05) is 40.2 Å². The molecule has 0 heterocycles. The molecule has 0 aromatic heterocycles. The minimum Gasteiger partial charge on any atom is -0.345 e. The fourth-order valence-electron chi connectivity index (χ4n) is 1.16. The quantitative estimate of drug-likeness (QED) is 0.533. The highest BCUT2D eigenvalue weighted by Gasteiger charge is 2.15. The third-order valence-electron chi connectivity index (χ3n) is 2.18. The minimum absolute atomic E-state index is 0.253. The largest absolute Gasteiger partial charge is 0.345 e. The Morgan fingerprint density at radius 1 is 1.32 bits per heavy atom. The zero-order valence-electron chi connectivity index (χ0n) is 14.4. The van der Waals surface area contributed by atoms with Gasteiger partial charge in [0.15, 0.2) is 0 Å². The molecule has 1 unspecified atom stereocenters. The third-order valence-corrected chi connectivity index (χ3v) is 2.18. The first-order chi connectivity index (χ1) is 10.2. The average Bonchev–Trinajstić information content (AvgIpc) is 2.42. The lowest BCUT2D eigenvalue weighted by molar-refractivity contribution is -0.131. The van der Waals surface area contributed by atoms with E-state index >= 15 is 0 Å². The summed E-state index contributed by atoms with van der Waals surface area (Å²) in [5.41, 5.74) is 6.32. The SMILES string of the molecule is C/C=C(/CC(N)C(=O)NCC(=O)F)N=CCCC.CC(C)C. The first kappa shape index (κ1) is 22.7. The van der Waals surface area contributed by atoms with Crippen LogP contribution in [0.5, 0.6) is 0 Å². The van der Waals surface area contributed by atoms with Gasteiger partial charge in [-0.25, -0.2) is 0 Å². The highest BCUT2D eigenvalue weighted by atomic mass is 19.1. The number of aliphatic imine (C=N–C) groups is 1. The van der Waals surface area contributed by atoms with E-state index in [1.165, 1.54) is 0 Å². The van der Waals surface area contributed by atoms with E-state index < -0.39 is 24.5 Å². The molecule has 0 rings (SSSR count). The summed E-state index contributed by atoms with van der Waals surface area (Å²) < 4.78 is 11.9. The van der Waals surface area contributed by atoms with Gasteiger partial charge in [0.05, 0.1) is 6.04 Å². The average molecular weight is 315 g/mol. The molecule has 1 atom stereocenters. The van der Waals surface area contributed by atoms with Gasteiger partial charge >= 0.3 is 6.04 Å². The van der Waals surface area contributed by atoms with Crippen molar-refractivity contribution in [2.24, 2.45) is 16.6 Å². The topological polar surface area (TPSA) is 84.5 Å². The molecule has 0 aromatic carbocycles. The van der Waals surface area contributed by atoms with Crippen LogP contribution in [0.3, 0.4) is 0 Å². The van der Waals surface area contributed by atoms with Crippen LogP contribution < -0.4 is 11.1 Å². The van der Waals surface area contributed by atoms with Crippen molar-refractivity contribution in [2.75, 3.05) is 6.54 Å². The highest BCUT2D eigenvalue weighted by molar-refractivity contribution is 5.85. The number of allylic oxidation sites excluding steroid dienone is 1. The number of hydrogen-bond donors (Lipinski definition) is 2. The van der Waals surface area contributed by atoms with E-state index in [9.17, 15) is 14.0 Å². The lowest BCUT2D eigenvalue weighted by Gasteiger charge is -2.11. The molecule has 0 aliphatic rings. The summed E-state index contributed by atoms with van der Waals surface area (Å²) in [7, 11) is 0. The van der Waals surface area contributed by atoms with Crippen molar-refractivity contribution >= 4 is 18.2 Å². The maximum atomic E-state index is 11.9. The predicted octanol–water partition coefficient (Wildman–Crippen LogP) is 2.75. The summed E-state index contributed by atoms with van der Waals surface area (Å²) in [4.78, 5) is 25.6. The van der Waals surface area contributed by atoms with Crippen LogP contribution in [-0.2, 0) is 9.59 Å². The maximum Gasteiger partial charge on any atom is 0.320 e. The van der Waals surface area contributed by atoms with E-state index in [0.717, 1.165) is 18.8 Å². The Morgan fingerprint density at radius 2 is 1.86 bits per heavy atom. The summed E-state index contributed by atoms with van der Waals surface area (Å²) >= 11 is 0. The van der Waals surface area contributed by atoms with Crippen LogP contribution in [0.2, 0.25) is 0 Å². The smallest absolute Gasteiger partial charge is 0.320 e. The molecule has 0 radical (unpaired) electrons. The van der Waals surface area contributed by atoms with Crippen molar-refractivity contribution in [1.29, 1.82) is 0 Å². The van der Waals surface area contributed by atoms with Crippen LogP contribution in [-0.4, -0.2) is 30.7 Å². The van der Waals surface area contributed by atoms with E-state index in [1.807, 2.05) is 6.92 Å². The molecule has 0 bridgehead atoms. The van der Waals surface area contributed by atoms with Crippen LogP contribution in [0.4, 0.5) is 4.39 Å². The van der Waals surface area contributed by atoms with Crippen molar-refractivity contribution in [3.05, 3.63) is 11.8 Å². The van der Waals surface area contributed by atoms with Crippen molar-refractivity contribution in [3.63, 3.8) is 0 Å². The number of unbranched alkanes of at least 4 members (excludes halogenated alkanes) is 1. The molecule has 1 amide bonds. The third kappa shape index (κ3) is 16.5. The van der Waals surface area contributed by atoms with E-state index in [4.69, 9.17) is 5.73 Å². The molecule has 0 fully saturated rings. The Morgan fingerprint density at radius 3 is 2.27 bits per heavy atom. The summed E-state index contributed by atoms with van der Waals surface area (Å²) in [5, 5.41) is 2.11. The fraction of sp³-hybridized carbons (Fsp3) is 0.688. The molecular weight excluding hydrogens is 285 g/mol. The van der Waals surface area contributed by atoms with E-state index in [0.29, 0.717) is 5.70 Å². The molecule has 22 heavy (non-hydrogen) atoms. The standard InChI is InChI=1S/C12H20FN3O2.C4H10/c1-3-5-6-15-9(4-2)7-10(14)12(18)16-8-11(13)17;1-4(2)3/h4,6,10H,3,5,7-8,14H2,1-2H3,(H,16,18);4H,1-3H3/b9-4-,15-6?;. The van der Waals surface area contributed by atoms with Crippen LogP contribution in [0.15, 0.2) is 16.8 Å². The van der Waals surface area contributed by atoms with Crippen LogP contribution >= 0.6 is 0 Å². The second-order valence-electron chi connectivity index (χ2n) is 5.50. The molecule has 6 heteroatoms. The van der Waals surface area contributed by atoms with Crippen LogP contribution in [0.25, 0.3) is 0 Å². The number of nitrogens with two attached hydrogens (primary N) is 1. The van der Waals surface area contributed by atoms with Gasteiger partial charge < -0.3 is 11.1 Å². The molecule has 0 saturated heterocycles. The van der Waals surface area contributed by atoms with Gasteiger partial charge in [0.1, 0.15) is 6.54 Å². The van der Waals surface area contributed by atoms with Gasteiger partial charge in [0.2, 0.25) is 5.91 Å². The van der Waals surface area contributed by atoms with E-state index in [1.54, 1.807) is 19.2 Å². The number of carbonyl (C=O) groups excluding carboxylic acids is 2. The van der Waals surface area contributed by atoms with Crippen LogP contribution in [0, 0.1) is 5.92 Å². The monoisotopic (exact) mass is 315 g/mol. The minimum atomic E-state index is -1.59. The Bertz CT molecular complexity index is 377. The number of halogens is 1. The second-order valence-corrected chi connectivity index (χ2v) is 5.50. The first-order valence-electron chi connectivity index (χ1n) is 7.63. The number of nitrogens with zero attached hydrogens (tertiary/aromatic N) is 1. The number of amides is 1. The van der Waals surface area contributed by atoms with Gasteiger partial charge in [0.25, 0.3) is 0 Å². The molecule has 0 spiro atoms.